The maximum atomic E-state index is 14.9. The number of amides is 1. The minimum Gasteiger partial charge on any atom is -0.480 e. The number of carboxylic acids is 1. The third kappa shape index (κ3) is 6.26. The van der Waals surface area contributed by atoms with E-state index in [0.29, 0.717) is 44.7 Å². The molecule has 2 aliphatic heterocycles. The second kappa shape index (κ2) is 11.4. The molecular weight excluding hydrogens is 556 g/mol. The Labute approximate surface area is 231 Å². The standard InChI is InChI=1S/C29H36BrF2N3O3/c1-18-15-33(26(28(37)38)13-19-5-7-20(30)8-6-19)11-12-35(18)27(36)24-17-34(29(2,3)4)16-23(24)22-10-9-21(31)14-25(22)32/h5-10,14,18,23-24,26H,11-13,15-17H2,1-4H3,(H,37,38)/t18-,23-,24+,26-/m0/s1. The summed E-state index contributed by atoms with van der Waals surface area (Å²) in [6.07, 6.45) is 0.373. The lowest BCUT2D eigenvalue weighted by Crippen LogP contribution is -2.59. The highest BCUT2D eigenvalue weighted by molar-refractivity contribution is 9.10. The smallest absolute Gasteiger partial charge is 0.321 e. The number of hydrogen-bond acceptors (Lipinski definition) is 4. The molecule has 2 saturated heterocycles. The van der Waals surface area contributed by atoms with Crippen molar-refractivity contribution in [2.45, 2.75) is 57.7 Å². The van der Waals surface area contributed by atoms with Crippen molar-refractivity contribution in [3.05, 3.63) is 69.7 Å². The number of nitrogens with zero attached hydrogens (tertiary/aromatic N) is 3. The molecule has 4 rings (SSSR count). The van der Waals surface area contributed by atoms with Crippen LogP contribution in [0.25, 0.3) is 0 Å². The first-order valence-electron chi connectivity index (χ1n) is 13.1. The third-order valence-corrected chi connectivity index (χ3v) is 8.49. The number of carbonyl (C=O) groups is 2. The van der Waals surface area contributed by atoms with Crippen molar-refractivity contribution >= 4 is 27.8 Å². The van der Waals surface area contributed by atoms with E-state index >= 15 is 0 Å². The highest BCUT2D eigenvalue weighted by Crippen LogP contribution is 2.39. The van der Waals surface area contributed by atoms with E-state index in [1.807, 2.05) is 41.0 Å². The molecule has 0 bridgehead atoms. The molecule has 0 aromatic heterocycles. The average molecular weight is 593 g/mol. The fourth-order valence-corrected chi connectivity index (χ4v) is 6.01. The van der Waals surface area contributed by atoms with Gasteiger partial charge in [0, 0.05) is 60.8 Å². The number of piperazine rings is 1. The summed E-state index contributed by atoms with van der Waals surface area (Å²) in [6.45, 7) is 10.4. The normalized spacial score (nSPS) is 24.0. The molecule has 1 N–H and O–H groups in total. The third-order valence-electron chi connectivity index (χ3n) is 7.96. The summed E-state index contributed by atoms with van der Waals surface area (Å²) in [7, 11) is 0. The molecule has 2 heterocycles. The van der Waals surface area contributed by atoms with Crippen molar-refractivity contribution in [3.63, 3.8) is 0 Å². The van der Waals surface area contributed by atoms with Gasteiger partial charge in [0.25, 0.3) is 0 Å². The molecule has 0 aliphatic carbocycles. The van der Waals surface area contributed by atoms with Gasteiger partial charge in [-0.15, -0.1) is 0 Å². The molecule has 6 nitrogen and oxygen atoms in total. The Morgan fingerprint density at radius 2 is 1.74 bits per heavy atom. The maximum absolute atomic E-state index is 14.9. The fraction of sp³-hybridized carbons (Fsp3) is 0.517. The van der Waals surface area contributed by atoms with Gasteiger partial charge in [0.05, 0.1) is 5.92 Å². The van der Waals surface area contributed by atoms with Gasteiger partial charge in [-0.25, -0.2) is 8.78 Å². The zero-order valence-electron chi connectivity index (χ0n) is 22.3. The van der Waals surface area contributed by atoms with Crippen molar-refractivity contribution in [2.24, 2.45) is 5.92 Å². The average Bonchev–Trinajstić information content (AvgIpc) is 3.29. The Bertz CT molecular complexity index is 1170. The zero-order chi connectivity index (χ0) is 27.8. The van der Waals surface area contributed by atoms with E-state index < -0.39 is 35.5 Å². The largest absolute Gasteiger partial charge is 0.480 e. The molecular formula is C29H36BrF2N3O3. The predicted octanol–water partition coefficient (Wildman–Crippen LogP) is 4.77. The number of carboxylic acid groups (broad SMARTS) is 1. The van der Waals surface area contributed by atoms with Crippen LogP contribution >= 0.6 is 15.9 Å². The van der Waals surface area contributed by atoms with E-state index in [1.54, 1.807) is 0 Å². The summed E-state index contributed by atoms with van der Waals surface area (Å²) in [5.74, 6) is -3.07. The van der Waals surface area contributed by atoms with Gasteiger partial charge in [-0.2, -0.15) is 0 Å². The molecule has 4 atom stereocenters. The van der Waals surface area contributed by atoms with Crippen LogP contribution in [0.1, 0.15) is 44.7 Å². The van der Waals surface area contributed by atoms with Crippen LogP contribution in [0.3, 0.4) is 0 Å². The summed E-state index contributed by atoms with van der Waals surface area (Å²) in [5, 5.41) is 9.99. The Kier molecular flexibility index (Phi) is 8.59. The van der Waals surface area contributed by atoms with Crippen LogP contribution in [0.2, 0.25) is 0 Å². The maximum Gasteiger partial charge on any atom is 0.321 e. The second-order valence-corrected chi connectivity index (χ2v) is 12.4. The fourth-order valence-electron chi connectivity index (χ4n) is 5.74. The molecule has 2 aliphatic rings. The van der Waals surface area contributed by atoms with Crippen LogP contribution in [0, 0.1) is 17.6 Å². The van der Waals surface area contributed by atoms with Crippen LogP contribution in [0.5, 0.6) is 0 Å². The Morgan fingerprint density at radius 1 is 1.05 bits per heavy atom. The molecule has 0 unspecified atom stereocenters. The van der Waals surface area contributed by atoms with Gasteiger partial charge in [0.2, 0.25) is 5.91 Å². The van der Waals surface area contributed by atoms with Gasteiger partial charge in [0.15, 0.2) is 0 Å². The van der Waals surface area contributed by atoms with Gasteiger partial charge in [-0.05, 0) is 63.4 Å². The topological polar surface area (TPSA) is 64.1 Å². The lowest BCUT2D eigenvalue weighted by Gasteiger charge is -2.43. The van der Waals surface area contributed by atoms with E-state index in [2.05, 4.69) is 41.6 Å². The van der Waals surface area contributed by atoms with Gasteiger partial charge >= 0.3 is 5.97 Å². The first kappa shape index (κ1) is 28.6. The van der Waals surface area contributed by atoms with Crippen LogP contribution in [-0.2, 0) is 16.0 Å². The summed E-state index contributed by atoms with van der Waals surface area (Å²) in [4.78, 5) is 32.1. The quantitative estimate of drug-likeness (QED) is 0.524. The van der Waals surface area contributed by atoms with Crippen LogP contribution in [0.4, 0.5) is 8.78 Å². The van der Waals surface area contributed by atoms with E-state index in [-0.39, 0.29) is 17.5 Å². The number of likely N-dealkylation sites (tertiary alicyclic amines) is 1. The molecule has 0 spiro atoms. The van der Waals surface area contributed by atoms with Gasteiger partial charge in [-0.1, -0.05) is 34.1 Å². The highest BCUT2D eigenvalue weighted by Gasteiger charge is 2.46. The molecule has 0 saturated carbocycles. The molecule has 0 radical (unpaired) electrons. The van der Waals surface area contributed by atoms with Crippen LogP contribution < -0.4 is 0 Å². The molecule has 38 heavy (non-hydrogen) atoms. The van der Waals surface area contributed by atoms with Crippen LogP contribution in [0.15, 0.2) is 46.9 Å². The lowest BCUT2D eigenvalue weighted by molar-refractivity contribution is -0.147. The van der Waals surface area contributed by atoms with Crippen LogP contribution in [-0.4, -0.2) is 82.0 Å². The number of rotatable bonds is 6. The van der Waals surface area contributed by atoms with Gasteiger partial charge in [-0.3, -0.25) is 19.4 Å². The van der Waals surface area contributed by atoms with Crippen molar-refractivity contribution in [1.29, 1.82) is 0 Å². The van der Waals surface area contributed by atoms with E-state index in [4.69, 9.17) is 0 Å². The van der Waals surface area contributed by atoms with Crippen molar-refractivity contribution in [1.82, 2.24) is 14.7 Å². The summed E-state index contributed by atoms with van der Waals surface area (Å²) in [5.41, 5.74) is 1.09. The Hall–Kier alpha value is -2.36. The first-order valence-corrected chi connectivity index (χ1v) is 13.9. The molecule has 2 fully saturated rings. The molecule has 2 aromatic carbocycles. The Morgan fingerprint density at radius 3 is 2.32 bits per heavy atom. The number of hydrogen-bond donors (Lipinski definition) is 1. The molecule has 2 aromatic rings. The van der Waals surface area contributed by atoms with Gasteiger partial charge < -0.3 is 10.0 Å². The SMILES string of the molecule is C[C@H]1CN([C@@H](Cc2ccc(Br)cc2)C(=O)O)CCN1C(=O)[C@@H]1CN(C(C)(C)C)C[C@H]1c1ccc(F)cc1F. The molecule has 1 amide bonds. The summed E-state index contributed by atoms with van der Waals surface area (Å²) >= 11 is 3.41. The van der Waals surface area contributed by atoms with Crippen molar-refractivity contribution < 1.29 is 23.5 Å². The van der Waals surface area contributed by atoms with Crippen molar-refractivity contribution in [2.75, 3.05) is 32.7 Å². The zero-order valence-corrected chi connectivity index (χ0v) is 23.9. The number of halogens is 3. The minimum atomic E-state index is -0.886. The molecule has 9 heteroatoms. The first-order chi connectivity index (χ1) is 17.8. The van der Waals surface area contributed by atoms with E-state index in [1.165, 1.54) is 12.1 Å². The monoisotopic (exact) mass is 591 g/mol. The lowest BCUT2D eigenvalue weighted by atomic mass is 9.87. The summed E-state index contributed by atoms with van der Waals surface area (Å²) < 4.78 is 29.4. The number of aliphatic carboxylic acids is 1. The highest BCUT2D eigenvalue weighted by atomic mass is 79.9. The summed E-state index contributed by atoms with van der Waals surface area (Å²) in [6, 6.07) is 10.3. The number of carbonyl (C=O) groups excluding carboxylic acids is 1. The van der Waals surface area contributed by atoms with E-state index in [9.17, 15) is 23.5 Å². The van der Waals surface area contributed by atoms with E-state index in [0.717, 1.165) is 16.1 Å². The predicted molar refractivity (Wildman–Crippen MR) is 146 cm³/mol. The van der Waals surface area contributed by atoms with Crippen molar-refractivity contribution in [3.8, 4) is 0 Å². The number of benzene rings is 2. The second-order valence-electron chi connectivity index (χ2n) is 11.5. The minimum absolute atomic E-state index is 0.0580. The Balaban J connectivity index is 1.51. The van der Waals surface area contributed by atoms with Gasteiger partial charge in [0.1, 0.15) is 17.7 Å². The molecule has 206 valence electrons.